The van der Waals surface area contributed by atoms with Gasteiger partial charge in [0.15, 0.2) is 10.3 Å². The molecule has 0 unspecified atom stereocenters. The van der Waals surface area contributed by atoms with Crippen LogP contribution in [0.5, 0.6) is 5.75 Å². The number of carbonyl (C=O) groups excluding carboxylic acids is 1. The molecule has 7 nitrogen and oxygen atoms in total. The predicted molar refractivity (Wildman–Crippen MR) is 124 cm³/mol. The minimum Gasteiger partial charge on any atom is -0.495 e. The van der Waals surface area contributed by atoms with E-state index in [4.69, 9.17) is 9.72 Å². The summed E-state index contributed by atoms with van der Waals surface area (Å²) in [6.45, 7) is 3.57. The average Bonchev–Trinajstić information content (AvgIpc) is 3.39. The quantitative estimate of drug-likeness (QED) is 0.434. The maximum absolute atomic E-state index is 12.4. The van der Waals surface area contributed by atoms with Crippen LogP contribution in [0, 0.1) is 6.92 Å². The summed E-state index contributed by atoms with van der Waals surface area (Å²) in [6, 6.07) is 7.98. The number of hydrogen-bond acceptors (Lipinski definition) is 7. The van der Waals surface area contributed by atoms with Gasteiger partial charge in [-0.05, 0) is 31.9 Å². The third kappa shape index (κ3) is 4.77. The summed E-state index contributed by atoms with van der Waals surface area (Å²) in [5.74, 6) is 2.19. The van der Waals surface area contributed by atoms with E-state index in [1.54, 1.807) is 23.8 Å². The zero-order valence-corrected chi connectivity index (χ0v) is 19.7. The Morgan fingerprint density at radius 1 is 1.26 bits per heavy atom. The maximum Gasteiger partial charge on any atom is 0.230 e. The molecule has 1 saturated carbocycles. The van der Waals surface area contributed by atoms with E-state index in [0.717, 1.165) is 16.7 Å². The van der Waals surface area contributed by atoms with Gasteiger partial charge in [-0.1, -0.05) is 43.2 Å². The summed E-state index contributed by atoms with van der Waals surface area (Å²) in [5, 5.41) is 12.3. The van der Waals surface area contributed by atoms with Crippen molar-refractivity contribution >= 4 is 39.8 Å². The number of para-hydroxylation sites is 2. The third-order valence-corrected chi connectivity index (χ3v) is 7.35. The fourth-order valence-corrected chi connectivity index (χ4v) is 5.96. The van der Waals surface area contributed by atoms with Gasteiger partial charge in [0.2, 0.25) is 5.91 Å². The first-order valence-corrected chi connectivity index (χ1v) is 12.4. The minimum absolute atomic E-state index is 0.106. The molecule has 0 radical (unpaired) electrons. The van der Waals surface area contributed by atoms with Crippen LogP contribution in [0.25, 0.3) is 0 Å². The number of aromatic nitrogens is 4. The Balaban J connectivity index is 1.51. The molecule has 0 atom stereocenters. The van der Waals surface area contributed by atoms with Crippen molar-refractivity contribution in [1.29, 1.82) is 0 Å². The van der Waals surface area contributed by atoms with Crippen molar-refractivity contribution in [3.8, 4) is 5.75 Å². The molecule has 31 heavy (non-hydrogen) atoms. The number of carbonyl (C=O) groups is 1. The first kappa shape index (κ1) is 21.8. The second-order valence-electron chi connectivity index (χ2n) is 7.63. The standard InChI is InChI=1S/C22H27N5O2S2/c1-15-24-25-22(26(15)18-9-5-4-6-10-18)31-14-17-13-30-21(23-17)27(16(2)28)19-11-7-8-12-20(19)29-3/h7-8,11-13,18H,4-6,9-10,14H2,1-3H3. The number of amides is 1. The molecule has 0 bridgehead atoms. The fraction of sp³-hybridized carbons (Fsp3) is 0.455. The van der Waals surface area contributed by atoms with Crippen molar-refractivity contribution in [2.75, 3.05) is 12.0 Å². The summed E-state index contributed by atoms with van der Waals surface area (Å²) in [6.07, 6.45) is 6.25. The molecule has 1 amide bonds. The van der Waals surface area contributed by atoms with Crippen molar-refractivity contribution in [3.05, 3.63) is 41.2 Å². The molecule has 1 fully saturated rings. The van der Waals surface area contributed by atoms with Gasteiger partial charge in [-0.15, -0.1) is 21.5 Å². The van der Waals surface area contributed by atoms with Crippen molar-refractivity contribution in [1.82, 2.24) is 19.7 Å². The van der Waals surface area contributed by atoms with Gasteiger partial charge in [0.05, 0.1) is 18.5 Å². The van der Waals surface area contributed by atoms with Gasteiger partial charge in [-0.2, -0.15) is 0 Å². The van der Waals surface area contributed by atoms with Crippen LogP contribution >= 0.6 is 23.1 Å². The lowest BCUT2D eigenvalue weighted by molar-refractivity contribution is -0.115. The van der Waals surface area contributed by atoms with E-state index in [0.29, 0.717) is 28.4 Å². The Kier molecular flexibility index (Phi) is 6.92. The Labute approximate surface area is 190 Å². The fourth-order valence-electron chi connectivity index (χ4n) is 4.03. The first-order valence-electron chi connectivity index (χ1n) is 10.5. The lowest BCUT2D eigenvalue weighted by Gasteiger charge is -2.24. The van der Waals surface area contributed by atoms with Gasteiger partial charge in [0.1, 0.15) is 11.6 Å². The number of aryl methyl sites for hydroxylation is 1. The Hall–Kier alpha value is -2.39. The van der Waals surface area contributed by atoms with Gasteiger partial charge in [-0.3, -0.25) is 9.69 Å². The van der Waals surface area contributed by atoms with E-state index in [-0.39, 0.29) is 5.91 Å². The summed E-state index contributed by atoms with van der Waals surface area (Å²) < 4.78 is 7.74. The number of benzene rings is 1. The molecule has 2 heterocycles. The molecule has 3 aromatic rings. The molecule has 1 aliphatic carbocycles. The highest BCUT2D eigenvalue weighted by molar-refractivity contribution is 7.98. The molecule has 1 aromatic carbocycles. The minimum atomic E-state index is -0.106. The highest BCUT2D eigenvalue weighted by Crippen LogP contribution is 2.37. The average molecular weight is 458 g/mol. The monoisotopic (exact) mass is 457 g/mol. The Morgan fingerprint density at radius 3 is 2.77 bits per heavy atom. The van der Waals surface area contributed by atoms with Crippen LogP contribution in [-0.4, -0.2) is 32.8 Å². The summed E-state index contributed by atoms with van der Waals surface area (Å²) in [5.41, 5.74) is 1.61. The van der Waals surface area contributed by atoms with Crippen LogP contribution in [0.2, 0.25) is 0 Å². The molecule has 0 spiro atoms. The lowest BCUT2D eigenvalue weighted by Crippen LogP contribution is -2.23. The second kappa shape index (κ2) is 9.82. The Bertz CT molecular complexity index is 1040. The van der Waals surface area contributed by atoms with E-state index in [9.17, 15) is 4.79 Å². The molecule has 0 aliphatic heterocycles. The molecule has 0 N–H and O–H groups in total. The number of thiazole rings is 1. The molecular formula is C22H27N5O2S2. The van der Waals surface area contributed by atoms with Crippen LogP contribution in [0.3, 0.4) is 0 Å². The van der Waals surface area contributed by atoms with Gasteiger partial charge in [0.25, 0.3) is 0 Å². The van der Waals surface area contributed by atoms with Crippen molar-refractivity contribution in [2.45, 2.75) is 62.9 Å². The number of rotatable bonds is 7. The van der Waals surface area contributed by atoms with Crippen LogP contribution in [0.1, 0.15) is 56.6 Å². The highest BCUT2D eigenvalue weighted by atomic mass is 32.2. The van der Waals surface area contributed by atoms with Crippen molar-refractivity contribution in [2.24, 2.45) is 0 Å². The van der Waals surface area contributed by atoms with Gasteiger partial charge >= 0.3 is 0 Å². The molecule has 4 rings (SSSR count). The predicted octanol–water partition coefficient (Wildman–Crippen LogP) is 5.53. The largest absolute Gasteiger partial charge is 0.495 e. The normalized spacial score (nSPS) is 14.5. The maximum atomic E-state index is 12.4. The van der Waals surface area contributed by atoms with Crippen LogP contribution in [-0.2, 0) is 10.5 Å². The summed E-state index contributed by atoms with van der Waals surface area (Å²) in [4.78, 5) is 18.8. The first-order chi connectivity index (χ1) is 15.1. The van der Waals surface area contributed by atoms with Gasteiger partial charge in [0, 0.05) is 24.1 Å². The molecule has 9 heteroatoms. The van der Waals surface area contributed by atoms with Crippen molar-refractivity contribution in [3.63, 3.8) is 0 Å². The zero-order valence-electron chi connectivity index (χ0n) is 18.1. The molecule has 2 aromatic heterocycles. The summed E-state index contributed by atoms with van der Waals surface area (Å²) in [7, 11) is 1.60. The van der Waals surface area contributed by atoms with E-state index in [1.165, 1.54) is 50.4 Å². The number of anilines is 2. The molecule has 164 valence electrons. The SMILES string of the molecule is COc1ccccc1N(C(C)=O)c1nc(CSc2nnc(C)n2C2CCCCC2)cs1. The van der Waals surface area contributed by atoms with E-state index in [2.05, 4.69) is 14.8 Å². The van der Waals surface area contributed by atoms with Crippen LogP contribution < -0.4 is 9.64 Å². The smallest absolute Gasteiger partial charge is 0.230 e. The van der Waals surface area contributed by atoms with Crippen LogP contribution in [0.15, 0.2) is 34.8 Å². The molecular weight excluding hydrogens is 430 g/mol. The van der Waals surface area contributed by atoms with Crippen LogP contribution in [0.4, 0.5) is 10.8 Å². The summed E-state index contributed by atoms with van der Waals surface area (Å²) >= 11 is 3.11. The number of ether oxygens (including phenoxy) is 1. The number of thioether (sulfide) groups is 1. The highest BCUT2D eigenvalue weighted by Gasteiger charge is 2.23. The number of methoxy groups -OCH3 is 1. The van der Waals surface area contributed by atoms with E-state index in [1.807, 2.05) is 36.6 Å². The molecule has 0 saturated heterocycles. The zero-order chi connectivity index (χ0) is 21.8. The van der Waals surface area contributed by atoms with Gasteiger partial charge < -0.3 is 9.30 Å². The van der Waals surface area contributed by atoms with E-state index < -0.39 is 0 Å². The van der Waals surface area contributed by atoms with Crippen molar-refractivity contribution < 1.29 is 9.53 Å². The number of nitrogens with zero attached hydrogens (tertiary/aromatic N) is 5. The van der Waals surface area contributed by atoms with Gasteiger partial charge in [-0.25, -0.2) is 4.98 Å². The topological polar surface area (TPSA) is 73.1 Å². The second-order valence-corrected chi connectivity index (χ2v) is 9.41. The number of hydrogen-bond donors (Lipinski definition) is 0. The third-order valence-electron chi connectivity index (χ3n) is 5.50. The van der Waals surface area contributed by atoms with E-state index >= 15 is 0 Å². The Morgan fingerprint density at radius 2 is 2.03 bits per heavy atom. The lowest BCUT2D eigenvalue weighted by atomic mass is 9.95. The molecule has 1 aliphatic rings.